The van der Waals surface area contributed by atoms with Gasteiger partial charge in [0.1, 0.15) is 0 Å². The molecule has 2 aromatic rings. The van der Waals surface area contributed by atoms with Crippen LogP contribution in [0.15, 0.2) is 54.6 Å². The van der Waals surface area contributed by atoms with Crippen LogP contribution in [0.1, 0.15) is 83.5 Å². The third kappa shape index (κ3) is 12.8. The van der Waals surface area contributed by atoms with Crippen LogP contribution in [-0.4, -0.2) is 19.9 Å². The standard InChI is InChI=1S/C27H37BN2O3/c28-33-25-19-15-18-24(22-25)30-27(32)21-14-9-7-5-3-1-2-4-6-8-13-20-26(31)29-23-16-11-10-12-17-23/h10-12,15-19,22H,1-9,13-14,20-21H2,(H,29,31)(H,30,32). The van der Waals surface area contributed by atoms with Crippen molar-refractivity contribution >= 4 is 31.2 Å². The van der Waals surface area contributed by atoms with Crippen molar-refractivity contribution in [2.45, 2.75) is 83.5 Å². The molecule has 0 unspecified atom stereocenters. The average Bonchev–Trinajstić information content (AvgIpc) is 2.82. The molecular formula is C27H37BN2O3. The second kappa shape index (κ2) is 16.8. The lowest BCUT2D eigenvalue weighted by atomic mass is 10.0. The summed E-state index contributed by atoms with van der Waals surface area (Å²) in [5.74, 6) is 0.662. The first-order valence-electron chi connectivity index (χ1n) is 12.3. The van der Waals surface area contributed by atoms with Crippen LogP contribution in [0.2, 0.25) is 0 Å². The fraction of sp³-hybridized carbons (Fsp3) is 0.481. The van der Waals surface area contributed by atoms with E-state index in [1.54, 1.807) is 18.2 Å². The third-order valence-corrected chi connectivity index (χ3v) is 5.62. The summed E-state index contributed by atoms with van der Waals surface area (Å²) in [4.78, 5) is 23.9. The van der Waals surface area contributed by atoms with E-state index in [2.05, 4.69) is 15.3 Å². The summed E-state index contributed by atoms with van der Waals surface area (Å²) in [7, 11) is 5.14. The van der Waals surface area contributed by atoms with Gasteiger partial charge in [-0.05, 0) is 37.1 Å². The van der Waals surface area contributed by atoms with Crippen molar-refractivity contribution in [2.24, 2.45) is 0 Å². The van der Waals surface area contributed by atoms with Gasteiger partial charge in [0.05, 0.1) is 5.75 Å². The van der Waals surface area contributed by atoms with Crippen LogP contribution in [0.25, 0.3) is 0 Å². The van der Waals surface area contributed by atoms with Gasteiger partial charge in [0.2, 0.25) is 11.8 Å². The van der Waals surface area contributed by atoms with E-state index in [1.165, 1.54) is 44.9 Å². The maximum Gasteiger partial charge on any atom is 0.374 e. The molecular weight excluding hydrogens is 411 g/mol. The van der Waals surface area contributed by atoms with Crippen molar-refractivity contribution in [3.8, 4) is 5.75 Å². The van der Waals surface area contributed by atoms with Crippen molar-refractivity contribution in [2.75, 3.05) is 10.6 Å². The predicted molar refractivity (Wildman–Crippen MR) is 137 cm³/mol. The van der Waals surface area contributed by atoms with Gasteiger partial charge in [-0.1, -0.05) is 82.1 Å². The molecule has 5 nitrogen and oxygen atoms in total. The van der Waals surface area contributed by atoms with Gasteiger partial charge in [-0.3, -0.25) is 9.59 Å². The lowest BCUT2D eigenvalue weighted by molar-refractivity contribution is -0.117. The molecule has 0 saturated heterocycles. The Labute approximate surface area is 200 Å². The highest BCUT2D eigenvalue weighted by molar-refractivity contribution is 6.00. The third-order valence-electron chi connectivity index (χ3n) is 5.62. The Kier molecular flexibility index (Phi) is 13.5. The molecule has 0 heterocycles. The summed E-state index contributed by atoms with van der Waals surface area (Å²) in [6, 6.07) is 16.7. The predicted octanol–water partition coefficient (Wildman–Crippen LogP) is 6.80. The fourth-order valence-corrected chi connectivity index (χ4v) is 3.78. The summed E-state index contributed by atoms with van der Waals surface area (Å²) >= 11 is 0. The van der Waals surface area contributed by atoms with E-state index < -0.39 is 0 Å². The molecule has 33 heavy (non-hydrogen) atoms. The zero-order valence-electron chi connectivity index (χ0n) is 19.7. The molecule has 0 atom stereocenters. The van der Waals surface area contributed by atoms with E-state index in [-0.39, 0.29) is 11.8 Å². The molecule has 2 rings (SSSR count). The molecule has 0 aliphatic heterocycles. The number of para-hydroxylation sites is 1. The van der Waals surface area contributed by atoms with Gasteiger partial charge in [0.15, 0.2) is 0 Å². The van der Waals surface area contributed by atoms with Crippen LogP contribution in [0, 0.1) is 0 Å². The van der Waals surface area contributed by atoms with Crippen LogP contribution in [-0.2, 0) is 9.59 Å². The monoisotopic (exact) mass is 448 g/mol. The number of hydrogen-bond donors (Lipinski definition) is 2. The van der Waals surface area contributed by atoms with E-state index in [0.29, 0.717) is 24.3 Å². The molecule has 0 aliphatic rings. The Morgan fingerprint density at radius 3 is 1.58 bits per heavy atom. The van der Waals surface area contributed by atoms with E-state index in [9.17, 15) is 9.59 Å². The van der Waals surface area contributed by atoms with Crippen molar-refractivity contribution in [3.05, 3.63) is 54.6 Å². The minimum absolute atomic E-state index is 0.0294. The highest BCUT2D eigenvalue weighted by atomic mass is 16.4. The largest absolute Gasteiger partial charge is 0.568 e. The molecule has 2 aromatic carbocycles. The van der Waals surface area contributed by atoms with Gasteiger partial charge in [-0.2, -0.15) is 0 Å². The average molecular weight is 448 g/mol. The lowest BCUT2D eigenvalue weighted by Crippen LogP contribution is -2.11. The van der Waals surface area contributed by atoms with Gasteiger partial charge < -0.3 is 15.3 Å². The van der Waals surface area contributed by atoms with Crippen LogP contribution in [0.5, 0.6) is 5.75 Å². The van der Waals surface area contributed by atoms with E-state index in [1.807, 2.05) is 36.4 Å². The molecule has 2 radical (unpaired) electrons. The fourth-order valence-electron chi connectivity index (χ4n) is 3.78. The van der Waals surface area contributed by atoms with E-state index in [4.69, 9.17) is 8.05 Å². The van der Waals surface area contributed by atoms with Crippen molar-refractivity contribution in [3.63, 3.8) is 0 Å². The van der Waals surface area contributed by atoms with Crippen molar-refractivity contribution < 1.29 is 14.2 Å². The smallest absolute Gasteiger partial charge is 0.374 e. The number of benzene rings is 2. The first-order valence-corrected chi connectivity index (χ1v) is 12.3. The molecule has 2 amide bonds. The molecule has 176 valence electrons. The quantitative estimate of drug-likeness (QED) is 0.207. The van der Waals surface area contributed by atoms with Crippen LogP contribution in [0.4, 0.5) is 11.4 Å². The van der Waals surface area contributed by atoms with Crippen LogP contribution >= 0.6 is 0 Å². The van der Waals surface area contributed by atoms with Crippen molar-refractivity contribution in [1.29, 1.82) is 0 Å². The maximum atomic E-state index is 12.0. The first-order chi connectivity index (χ1) is 16.2. The molecule has 0 bridgehead atoms. The SMILES string of the molecule is [B]Oc1cccc(NC(=O)CCCCCCCCCCCCCC(=O)Nc2ccccc2)c1. The Morgan fingerprint density at radius 2 is 1.06 bits per heavy atom. The summed E-state index contributed by atoms with van der Waals surface area (Å²) in [6.45, 7) is 0. The molecule has 2 N–H and O–H groups in total. The number of unbranched alkanes of at least 4 members (excludes halogenated alkanes) is 10. The minimum Gasteiger partial charge on any atom is -0.568 e. The van der Waals surface area contributed by atoms with Gasteiger partial charge in [-0.15, -0.1) is 0 Å². The topological polar surface area (TPSA) is 67.4 Å². The molecule has 0 spiro atoms. The highest BCUT2D eigenvalue weighted by Crippen LogP contribution is 2.17. The van der Waals surface area contributed by atoms with Gasteiger partial charge >= 0.3 is 8.05 Å². The maximum absolute atomic E-state index is 12.0. The van der Waals surface area contributed by atoms with Gasteiger partial charge in [0.25, 0.3) is 0 Å². The molecule has 0 aliphatic carbocycles. The van der Waals surface area contributed by atoms with Gasteiger partial charge in [0, 0.05) is 30.3 Å². The second-order valence-electron chi connectivity index (χ2n) is 8.50. The highest BCUT2D eigenvalue weighted by Gasteiger charge is 2.04. The number of carbonyl (C=O) groups is 2. The normalized spacial score (nSPS) is 10.5. The zero-order valence-corrected chi connectivity index (χ0v) is 19.7. The summed E-state index contributed by atoms with van der Waals surface area (Å²) in [5.41, 5.74) is 1.58. The first kappa shape index (κ1) is 26.5. The van der Waals surface area contributed by atoms with Crippen LogP contribution < -0.4 is 15.3 Å². The Hall–Kier alpha value is -2.76. The number of anilines is 2. The molecule has 0 saturated carbocycles. The number of hydrogen-bond acceptors (Lipinski definition) is 3. The lowest BCUT2D eigenvalue weighted by Gasteiger charge is -2.07. The summed E-state index contributed by atoms with van der Waals surface area (Å²) in [5, 5.41) is 5.81. The summed E-state index contributed by atoms with van der Waals surface area (Å²) < 4.78 is 4.68. The van der Waals surface area contributed by atoms with Crippen LogP contribution in [0.3, 0.4) is 0 Å². The zero-order chi connectivity index (χ0) is 23.6. The van der Waals surface area contributed by atoms with E-state index in [0.717, 1.165) is 31.4 Å². The number of amides is 2. The Bertz CT molecular complexity index is 814. The Morgan fingerprint density at radius 1 is 0.606 bits per heavy atom. The van der Waals surface area contributed by atoms with E-state index >= 15 is 0 Å². The number of nitrogens with one attached hydrogen (secondary N) is 2. The number of rotatable bonds is 17. The van der Waals surface area contributed by atoms with Crippen molar-refractivity contribution in [1.82, 2.24) is 0 Å². The van der Waals surface area contributed by atoms with Gasteiger partial charge in [-0.25, -0.2) is 0 Å². The Balaban J connectivity index is 1.34. The molecule has 0 aromatic heterocycles. The molecule has 6 heteroatoms. The minimum atomic E-state index is 0.0294. The second-order valence-corrected chi connectivity index (χ2v) is 8.50. The molecule has 0 fully saturated rings. The number of carbonyl (C=O) groups excluding carboxylic acids is 2. The summed E-state index contributed by atoms with van der Waals surface area (Å²) in [6.07, 6.45) is 13.9.